The molecule has 0 saturated heterocycles. The van der Waals surface area contributed by atoms with E-state index in [4.69, 9.17) is 0 Å². The molecule has 0 aliphatic rings. The smallest absolute Gasteiger partial charge is 0.181 e. The Morgan fingerprint density at radius 3 is 2.21 bits per heavy atom. The van der Waals surface area contributed by atoms with Crippen LogP contribution in [0.25, 0.3) is 0 Å². The molecule has 1 rings (SSSR count). The van der Waals surface area contributed by atoms with E-state index >= 15 is 0 Å². The first-order valence-corrected chi connectivity index (χ1v) is 3.83. The summed E-state index contributed by atoms with van der Waals surface area (Å²) in [6.07, 6.45) is 0.750. The molecule has 0 heterocycles. The zero-order chi connectivity index (χ0) is 10.4. The molecular formula is C9H7FN2O2. The number of nitrogens with zero attached hydrogens (tertiary/aromatic N) is 2. The molecule has 0 atom stereocenters. The first-order valence-electron chi connectivity index (χ1n) is 3.83. The van der Waals surface area contributed by atoms with E-state index in [0.29, 0.717) is 18.3 Å². The summed E-state index contributed by atoms with van der Waals surface area (Å²) >= 11 is 0. The average molecular weight is 194 g/mol. The van der Waals surface area contributed by atoms with Crippen LogP contribution < -0.4 is 0 Å². The van der Waals surface area contributed by atoms with Gasteiger partial charge < -0.3 is 9.59 Å². The quantitative estimate of drug-likeness (QED) is 0.416. The Kier molecular flexibility index (Phi) is 3.60. The number of carbonyl (C=O) groups is 2. The summed E-state index contributed by atoms with van der Waals surface area (Å²) in [5.41, 5.74) is 0.389. The van der Waals surface area contributed by atoms with Crippen LogP contribution in [0.4, 0.5) is 10.1 Å². The van der Waals surface area contributed by atoms with E-state index in [1.807, 2.05) is 0 Å². The fraction of sp³-hybridized carbons (Fsp3) is 0.111. The minimum absolute atomic E-state index is 0.375. The molecule has 0 N–H and O–H groups in total. The predicted molar refractivity (Wildman–Crippen MR) is 46.8 cm³/mol. The Balaban J connectivity index is 2.72. The molecule has 0 aromatic heterocycles. The van der Waals surface area contributed by atoms with Crippen LogP contribution in [0.3, 0.4) is 0 Å². The minimum atomic E-state index is -1.08. The van der Waals surface area contributed by atoms with Gasteiger partial charge in [0.15, 0.2) is 18.6 Å². The average Bonchev–Trinajstić information content (AvgIpc) is 2.22. The van der Waals surface area contributed by atoms with E-state index in [0.717, 1.165) is 0 Å². The van der Waals surface area contributed by atoms with Crippen molar-refractivity contribution in [2.24, 2.45) is 10.2 Å². The molecule has 0 amide bonds. The SMILES string of the molecule is O=CC(C=O)N=Nc1ccc(F)cc1. The highest BCUT2D eigenvalue weighted by molar-refractivity contribution is 5.82. The topological polar surface area (TPSA) is 58.9 Å². The molecule has 0 aliphatic heterocycles. The summed E-state index contributed by atoms with van der Waals surface area (Å²) in [5.74, 6) is -0.383. The van der Waals surface area contributed by atoms with Gasteiger partial charge in [-0.1, -0.05) is 0 Å². The van der Waals surface area contributed by atoms with Gasteiger partial charge in [-0.2, -0.15) is 10.2 Å². The maximum atomic E-state index is 12.4. The number of hydrogen-bond donors (Lipinski definition) is 0. The van der Waals surface area contributed by atoms with Gasteiger partial charge in [0.25, 0.3) is 0 Å². The molecule has 1 aromatic rings. The summed E-state index contributed by atoms with van der Waals surface area (Å²) in [4.78, 5) is 20.3. The third-order valence-corrected chi connectivity index (χ3v) is 1.41. The molecule has 5 heteroatoms. The molecule has 1 aromatic carbocycles. The van der Waals surface area contributed by atoms with Crippen molar-refractivity contribution in [1.82, 2.24) is 0 Å². The zero-order valence-electron chi connectivity index (χ0n) is 7.13. The molecule has 0 unspecified atom stereocenters. The van der Waals surface area contributed by atoms with Gasteiger partial charge in [-0.25, -0.2) is 4.39 Å². The Bertz CT molecular complexity index is 340. The van der Waals surface area contributed by atoms with Gasteiger partial charge in [0.2, 0.25) is 0 Å². The van der Waals surface area contributed by atoms with E-state index < -0.39 is 6.04 Å². The number of carbonyl (C=O) groups excluding carboxylic acids is 2. The highest BCUT2D eigenvalue weighted by atomic mass is 19.1. The third-order valence-electron chi connectivity index (χ3n) is 1.41. The van der Waals surface area contributed by atoms with Crippen LogP contribution in [0, 0.1) is 5.82 Å². The molecule has 0 aliphatic carbocycles. The van der Waals surface area contributed by atoms with Crippen LogP contribution in [0.5, 0.6) is 0 Å². The van der Waals surface area contributed by atoms with Gasteiger partial charge in [-0.05, 0) is 24.3 Å². The monoisotopic (exact) mass is 194 g/mol. The van der Waals surface area contributed by atoms with Gasteiger partial charge >= 0.3 is 0 Å². The van der Waals surface area contributed by atoms with Crippen molar-refractivity contribution in [3.8, 4) is 0 Å². The minimum Gasteiger partial charge on any atom is -0.300 e. The lowest BCUT2D eigenvalue weighted by atomic mass is 10.3. The Morgan fingerprint density at radius 1 is 1.14 bits per heavy atom. The van der Waals surface area contributed by atoms with Crippen LogP contribution in [-0.2, 0) is 9.59 Å². The Hall–Kier alpha value is -1.91. The van der Waals surface area contributed by atoms with Crippen LogP contribution in [-0.4, -0.2) is 18.6 Å². The normalized spacial score (nSPS) is 10.7. The van der Waals surface area contributed by atoms with Crippen molar-refractivity contribution in [2.75, 3.05) is 0 Å². The van der Waals surface area contributed by atoms with E-state index in [2.05, 4.69) is 10.2 Å². The van der Waals surface area contributed by atoms with Crippen molar-refractivity contribution in [3.05, 3.63) is 30.1 Å². The zero-order valence-corrected chi connectivity index (χ0v) is 7.13. The van der Waals surface area contributed by atoms with Gasteiger partial charge in [-0.3, -0.25) is 0 Å². The summed E-state index contributed by atoms with van der Waals surface area (Å²) in [5, 5.41) is 7.01. The number of benzene rings is 1. The second-order valence-corrected chi connectivity index (χ2v) is 2.45. The van der Waals surface area contributed by atoms with E-state index in [-0.39, 0.29) is 5.82 Å². The number of rotatable bonds is 4. The van der Waals surface area contributed by atoms with Gasteiger partial charge in [0.1, 0.15) is 5.82 Å². The molecule has 14 heavy (non-hydrogen) atoms. The van der Waals surface area contributed by atoms with Crippen LogP contribution in [0.2, 0.25) is 0 Å². The number of halogens is 1. The number of azo groups is 1. The molecule has 0 fully saturated rings. The summed E-state index contributed by atoms with van der Waals surface area (Å²) < 4.78 is 12.4. The van der Waals surface area contributed by atoms with Crippen molar-refractivity contribution in [1.29, 1.82) is 0 Å². The maximum Gasteiger partial charge on any atom is 0.181 e. The lowest BCUT2D eigenvalue weighted by Crippen LogP contribution is -2.05. The lowest BCUT2D eigenvalue weighted by molar-refractivity contribution is -0.116. The van der Waals surface area contributed by atoms with E-state index in [1.54, 1.807) is 0 Å². The highest BCUT2D eigenvalue weighted by Gasteiger charge is 2.00. The van der Waals surface area contributed by atoms with Crippen molar-refractivity contribution < 1.29 is 14.0 Å². The van der Waals surface area contributed by atoms with Crippen LogP contribution in [0.15, 0.2) is 34.5 Å². The van der Waals surface area contributed by atoms with Gasteiger partial charge in [-0.15, -0.1) is 0 Å². The van der Waals surface area contributed by atoms with Crippen molar-refractivity contribution in [2.45, 2.75) is 6.04 Å². The van der Waals surface area contributed by atoms with Gasteiger partial charge in [0, 0.05) is 0 Å². The number of aldehydes is 2. The van der Waals surface area contributed by atoms with Crippen LogP contribution in [0.1, 0.15) is 0 Å². The standard InChI is InChI=1S/C9H7FN2O2/c10-7-1-3-8(4-2-7)11-12-9(5-13)6-14/h1-6,9H. The summed E-state index contributed by atoms with van der Waals surface area (Å²) in [7, 11) is 0. The second kappa shape index (κ2) is 4.96. The van der Waals surface area contributed by atoms with E-state index in [1.165, 1.54) is 24.3 Å². The predicted octanol–water partition coefficient (Wildman–Crippen LogP) is 1.68. The molecular weight excluding hydrogens is 187 g/mol. The summed E-state index contributed by atoms with van der Waals surface area (Å²) in [6, 6.07) is 4.13. The molecule has 72 valence electrons. The fourth-order valence-corrected chi connectivity index (χ4v) is 0.728. The van der Waals surface area contributed by atoms with Crippen molar-refractivity contribution >= 4 is 18.3 Å². The van der Waals surface area contributed by atoms with Crippen molar-refractivity contribution in [3.63, 3.8) is 0 Å². The van der Waals surface area contributed by atoms with E-state index in [9.17, 15) is 14.0 Å². The largest absolute Gasteiger partial charge is 0.300 e. The lowest BCUT2D eigenvalue weighted by Gasteiger charge is -1.92. The molecule has 4 nitrogen and oxygen atoms in total. The summed E-state index contributed by atoms with van der Waals surface area (Å²) in [6.45, 7) is 0. The molecule has 0 saturated carbocycles. The third kappa shape index (κ3) is 2.85. The Morgan fingerprint density at radius 2 is 1.71 bits per heavy atom. The molecule has 0 bridgehead atoms. The first kappa shape index (κ1) is 10.2. The van der Waals surface area contributed by atoms with Crippen LogP contribution >= 0.6 is 0 Å². The molecule has 0 spiro atoms. The maximum absolute atomic E-state index is 12.4. The molecule has 0 radical (unpaired) electrons. The van der Waals surface area contributed by atoms with Gasteiger partial charge in [0.05, 0.1) is 5.69 Å². The Labute approximate surface area is 79.5 Å². The highest BCUT2D eigenvalue weighted by Crippen LogP contribution is 2.12. The second-order valence-electron chi connectivity index (χ2n) is 2.45. The fourth-order valence-electron chi connectivity index (χ4n) is 0.728. The first-order chi connectivity index (χ1) is 6.76. The number of hydrogen-bond acceptors (Lipinski definition) is 4.